The molecule has 2 aromatic carbocycles. The minimum absolute atomic E-state index is 0.203. The van der Waals surface area contributed by atoms with E-state index in [1.165, 1.54) is 19.1 Å². The minimum Gasteiger partial charge on any atom is -0.493 e. The average Bonchev–Trinajstić information content (AvgIpc) is 2.63. The van der Waals surface area contributed by atoms with E-state index in [0.29, 0.717) is 24.0 Å². The quantitative estimate of drug-likeness (QED) is 0.588. The lowest BCUT2D eigenvalue weighted by Gasteiger charge is -2.13. The molecule has 2 aromatic rings. The Bertz CT molecular complexity index is 852. The molecular formula is C20H19F2NO4. The second-order valence-corrected chi connectivity index (χ2v) is 5.50. The van der Waals surface area contributed by atoms with Crippen LogP contribution in [0.3, 0.4) is 0 Å². The molecule has 0 bridgehead atoms. The summed E-state index contributed by atoms with van der Waals surface area (Å²) in [5.41, 5.74) is 0.479. The van der Waals surface area contributed by atoms with E-state index in [1.807, 2.05) is 13.0 Å². The number of ether oxygens (including phenoxy) is 2. The van der Waals surface area contributed by atoms with Gasteiger partial charge in [0.25, 0.3) is 5.91 Å². The van der Waals surface area contributed by atoms with Crippen LogP contribution in [0.2, 0.25) is 0 Å². The van der Waals surface area contributed by atoms with Crippen LogP contribution in [-0.2, 0) is 14.3 Å². The third-order valence-electron chi connectivity index (χ3n) is 3.47. The molecule has 2 rings (SSSR count). The van der Waals surface area contributed by atoms with Gasteiger partial charge in [-0.3, -0.25) is 4.79 Å². The maximum atomic E-state index is 13.6. The second-order valence-electron chi connectivity index (χ2n) is 5.50. The Morgan fingerprint density at radius 1 is 1.19 bits per heavy atom. The number of nitrogens with one attached hydrogen (secondary N) is 1. The van der Waals surface area contributed by atoms with Crippen LogP contribution >= 0.6 is 0 Å². The average molecular weight is 375 g/mol. The summed E-state index contributed by atoms with van der Waals surface area (Å²) in [7, 11) is 0. The van der Waals surface area contributed by atoms with Gasteiger partial charge in [-0.1, -0.05) is 18.2 Å². The Morgan fingerprint density at radius 3 is 2.63 bits per heavy atom. The monoisotopic (exact) mass is 375 g/mol. The first-order valence-corrected chi connectivity index (χ1v) is 8.27. The number of hydrogen-bond donors (Lipinski definition) is 1. The summed E-state index contributed by atoms with van der Waals surface area (Å²) in [5, 5.41) is 2.24. The summed E-state index contributed by atoms with van der Waals surface area (Å²) in [4.78, 5) is 23.9. The Balaban J connectivity index is 1.95. The highest BCUT2D eigenvalue weighted by atomic mass is 19.1. The standard InChI is InChI=1S/C20H19F2NO4/c1-3-26-18-7-5-4-6-14(18)8-11-19(24)27-13(2)20(25)23-17-10-9-15(21)12-16(17)22/h4-13H,3H2,1-2H3,(H,23,25)/b11-8+/t13-/m1/s1. The predicted molar refractivity (Wildman–Crippen MR) is 97.2 cm³/mol. The van der Waals surface area contributed by atoms with Gasteiger partial charge in [0.15, 0.2) is 6.10 Å². The highest BCUT2D eigenvalue weighted by Gasteiger charge is 2.18. The highest BCUT2D eigenvalue weighted by Crippen LogP contribution is 2.19. The van der Waals surface area contributed by atoms with E-state index in [-0.39, 0.29) is 5.69 Å². The normalized spacial score (nSPS) is 11.9. The lowest BCUT2D eigenvalue weighted by atomic mass is 10.2. The summed E-state index contributed by atoms with van der Waals surface area (Å²) in [6.45, 7) is 3.67. The fourth-order valence-electron chi connectivity index (χ4n) is 2.16. The second kappa shape index (κ2) is 9.47. The third-order valence-corrected chi connectivity index (χ3v) is 3.47. The maximum Gasteiger partial charge on any atom is 0.331 e. The van der Waals surface area contributed by atoms with Crippen LogP contribution in [0.15, 0.2) is 48.5 Å². The largest absolute Gasteiger partial charge is 0.493 e. The Kier molecular flexibility index (Phi) is 7.05. The van der Waals surface area contributed by atoms with Crippen molar-refractivity contribution < 1.29 is 27.8 Å². The maximum absolute atomic E-state index is 13.6. The molecule has 0 unspecified atom stereocenters. The first kappa shape index (κ1) is 20.1. The summed E-state index contributed by atoms with van der Waals surface area (Å²) in [6.07, 6.45) is 1.51. The lowest BCUT2D eigenvalue weighted by Crippen LogP contribution is -2.29. The van der Waals surface area contributed by atoms with E-state index in [1.54, 1.807) is 18.2 Å². The van der Waals surface area contributed by atoms with E-state index < -0.39 is 29.6 Å². The van der Waals surface area contributed by atoms with Gasteiger partial charge in [-0.25, -0.2) is 13.6 Å². The van der Waals surface area contributed by atoms with Crippen LogP contribution < -0.4 is 10.1 Å². The van der Waals surface area contributed by atoms with Gasteiger partial charge in [0.1, 0.15) is 17.4 Å². The van der Waals surface area contributed by atoms with E-state index >= 15 is 0 Å². The van der Waals surface area contributed by atoms with Crippen molar-refractivity contribution in [2.75, 3.05) is 11.9 Å². The van der Waals surface area contributed by atoms with Crippen LogP contribution in [0.25, 0.3) is 6.08 Å². The van der Waals surface area contributed by atoms with Gasteiger partial charge < -0.3 is 14.8 Å². The number of esters is 1. The molecule has 0 aliphatic carbocycles. The van der Waals surface area contributed by atoms with Crippen molar-refractivity contribution in [3.63, 3.8) is 0 Å². The molecule has 1 N–H and O–H groups in total. The molecule has 0 saturated heterocycles. The first-order chi connectivity index (χ1) is 12.9. The first-order valence-electron chi connectivity index (χ1n) is 8.27. The number of amides is 1. The van der Waals surface area contributed by atoms with Gasteiger partial charge in [0.2, 0.25) is 0 Å². The lowest BCUT2D eigenvalue weighted by molar-refractivity contribution is -0.148. The van der Waals surface area contributed by atoms with Gasteiger partial charge in [-0.05, 0) is 38.1 Å². The molecule has 0 aliphatic rings. The Hall–Kier alpha value is -3.22. The van der Waals surface area contributed by atoms with Crippen LogP contribution in [0.1, 0.15) is 19.4 Å². The van der Waals surface area contributed by atoms with E-state index in [0.717, 1.165) is 12.1 Å². The Morgan fingerprint density at radius 2 is 1.93 bits per heavy atom. The zero-order valence-electron chi connectivity index (χ0n) is 14.9. The molecule has 27 heavy (non-hydrogen) atoms. The molecule has 142 valence electrons. The van der Waals surface area contributed by atoms with Gasteiger partial charge in [0.05, 0.1) is 12.3 Å². The van der Waals surface area contributed by atoms with Crippen molar-refractivity contribution in [1.29, 1.82) is 0 Å². The van der Waals surface area contributed by atoms with Gasteiger partial charge in [-0.15, -0.1) is 0 Å². The Labute approximate surface area is 155 Å². The molecule has 0 radical (unpaired) electrons. The molecule has 5 nitrogen and oxygen atoms in total. The SMILES string of the molecule is CCOc1ccccc1/C=C/C(=O)O[C@H](C)C(=O)Nc1ccc(F)cc1F. The summed E-state index contributed by atoms with van der Waals surface area (Å²) in [5.74, 6) is -2.56. The van der Waals surface area contributed by atoms with E-state index in [9.17, 15) is 18.4 Å². The number of para-hydroxylation sites is 1. The molecule has 1 amide bonds. The van der Waals surface area contributed by atoms with Crippen LogP contribution in [-0.4, -0.2) is 24.6 Å². The highest BCUT2D eigenvalue weighted by molar-refractivity contribution is 5.96. The minimum atomic E-state index is -1.17. The zero-order chi connectivity index (χ0) is 19.8. The van der Waals surface area contributed by atoms with Gasteiger partial charge in [-0.2, -0.15) is 0 Å². The van der Waals surface area contributed by atoms with Crippen molar-refractivity contribution in [2.24, 2.45) is 0 Å². The number of hydrogen-bond acceptors (Lipinski definition) is 4. The molecule has 0 saturated carbocycles. The summed E-state index contributed by atoms with van der Waals surface area (Å²) < 4.78 is 36.9. The van der Waals surface area contributed by atoms with Gasteiger partial charge in [0, 0.05) is 17.7 Å². The fraction of sp³-hybridized carbons (Fsp3) is 0.200. The van der Waals surface area contributed by atoms with Crippen LogP contribution in [0.4, 0.5) is 14.5 Å². The van der Waals surface area contributed by atoms with Crippen LogP contribution in [0.5, 0.6) is 5.75 Å². The summed E-state index contributed by atoms with van der Waals surface area (Å²) >= 11 is 0. The number of carbonyl (C=O) groups excluding carboxylic acids is 2. The fourth-order valence-corrected chi connectivity index (χ4v) is 2.16. The number of benzene rings is 2. The van der Waals surface area contributed by atoms with Crippen molar-refractivity contribution >= 4 is 23.6 Å². The zero-order valence-corrected chi connectivity index (χ0v) is 14.9. The molecule has 0 spiro atoms. The van der Waals surface area contributed by atoms with Crippen molar-refractivity contribution in [3.8, 4) is 5.75 Å². The molecular weight excluding hydrogens is 356 g/mol. The number of halogens is 2. The summed E-state index contributed by atoms with van der Waals surface area (Å²) in [6, 6.07) is 9.87. The topological polar surface area (TPSA) is 64.6 Å². The molecule has 0 fully saturated rings. The van der Waals surface area contributed by atoms with Gasteiger partial charge >= 0.3 is 5.97 Å². The smallest absolute Gasteiger partial charge is 0.331 e. The molecule has 1 atom stereocenters. The molecule has 0 heterocycles. The van der Waals surface area contributed by atoms with Crippen molar-refractivity contribution in [1.82, 2.24) is 0 Å². The van der Waals surface area contributed by atoms with E-state index in [2.05, 4.69) is 5.32 Å². The van der Waals surface area contributed by atoms with Crippen LogP contribution in [0, 0.1) is 11.6 Å². The van der Waals surface area contributed by atoms with Crippen molar-refractivity contribution in [2.45, 2.75) is 20.0 Å². The number of anilines is 1. The molecule has 0 aliphatic heterocycles. The van der Waals surface area contributed by atoms with E-state index in [4.69, 9.17) is 9.47 Å². The molecule has 7 heteroatoms. The third kappa shape index (κ3) is 5.91. The molecule has 0 aromatic heterocycles. The number of rotatable bonds is 7. The van der Waals surface area contributed by atoms with Crippen molar-refractivity contribution in [3.05, 3.63) is 65.7 Å². The predicted octanol–water partition coefficient (Wildman–Crippen LogP) is 3.95. The number of carbonyl (C=O) groups is 2.